The van der Waals surface area contributed by atoms with E-state index in [-0.39, 0.29) is 6.04 Å². The van der Waals surface area contributed by atoms with E-state index in [4.69, 9.17) is 16.3 Å². The Morgan fingerprint density at radius 1 is 1.31 bits per heavy atom. The lowest BCUT2D eigenvalue weighted by Gasteiger charge is -2.16. The minimum Gasteiger partial charge on any atom is -0.382 e. The second-order valence-electron chi connectivity index (χ2n) is 3.62. The average Bonchev–Trinajstić information content (AvgIpc) is 2.35. The monoisotopic (exact) mass is 241 g/mol. The highest BCUT2D eigenvalue weighted by Crippen LogP contribution is 2.13. The Morgan fingerprint density at radius 2 is 2.06 bits per heavy atom. The Balaban J connectivity index is 2.27. The van der Waals surface area contributed by atoms with Crippen LogP contribution in [0, 0.1) is 0 Å². The van der Waals surface area contributed by atoms with Crippen molar-refractivity contribution < 1.29 is 4.74 Å². The third kappa shape index (κ3) is 4.97. The molecule has 1 atom stereocenters. The standard InChI is InChI=1S/C13H20ClNO/c1-2-16-10-6-9-15-13(11-14)12-7-4-3-5-8-12/h3-5,7-8,13,15H,2,6,9-11H2,1H3. The number of hydrogen-bond acceptors (Lipinski definition) is 2. The van der Waals surface area contributed by atoms with E-state index in [9.17, 15) is 0 Å². The smallest absolute Gasteiger partial charge is 0.0477 e. The number of hydrogen-bond donors (Lipinski definition) is 1. The molecule has 1 aromatic carbocycles. The van der Waals surface area contributed by atoms with E-state index in [1.807, 2.05) is 25.1 Å². The van der Waals surface area contributed by atoms with Gasteiger partial charge in [-0.2, -0.15) is 0 Å². The molecule has 1 unspecified atom stereocenters. The van der Waals surface area contributed by atoms with Gasteiger partial charge in [0.15, 0.2) is 0 Å². The Bertz CT molecular complexity index is 266. The highest BCUT2D eigenvalue weighted by Gasteiger charge is 2.07. The van der Waals surface area contributed by atoms with Crippen LogP contribution in [0.4, 0.5) is 0 Å². The lowest BCUT2D eigenvalue weighted by Crippen LogP contribution is -2.24. The highest BCUT2D eigenvalue weighted by molar-refractivity contribution is 6.18. The molecule has 0 fully saturated rings. The summed E-state index contributed by atoms with van der Waals surface area (Å²) >= 11 is 5.95. The summed E-state index contributed by atoms with van der Waals surface area (Å²) in [6.45, 7) is 4.55. The van der Waals surface area contributed by atoms with Crippen molar-refractivity contribution in [2.45, 2.75) is 19.4 Å². The first-order chi connectivity index (χ1) is 7.88. The first kappa shape index (κ1) is 13.5. The van der Waals surface area contributed by atoms with E-state index in [1.54, 1.807) is 0 Å². The molecule has 0 radical (unpaired) electrons. The number of nitrogens with one attached hydrogen (secondary N) is 1. The van der Waals surface area contributed by atoms with E-state index in [1.165, 1.54) is 5.56 Å². The van der Waals surface area contributed by atoms with Crippen LogP contribution in [0.25, 0.3) is 0 Å². The number of alkyl halides is 1. The maximum Gasteiger partial charge on any atom is 0.0477 e. The summed E-state index contributed by atoms with van der Waals surface area (Å²) < 4.78 is 5.28. The van der Waals surface area contributed by atoms with Gasteiger partial charge in [0.1, 0.15) is 0 Å². The second-order valence-corrected chi connectivity index (χ2v) is 3.93. The lowest BCUT2D eigenvalue weighted by molar-refractivity contribution is 0.144. The van der Waals surface area contributed by atoms with Gasteiger partial charge in [-0.3, -0.25) is 0 Å². The van der Waals surface area contributed by atoms with Crippen molar-refractivity contribution in [3.63, 3.8) is 0 Å². The predicted octanol–water partition coefficient (Wildman–Crippen LogP) is 2.98. The molecule has 0 saturated heterocycles. The Kier molecular flexibility index (Phi) is 7.23. The zero-order valence-electron chi connectivity index (χ0n) is 9.79. The molecular weight excluding hydrogens is 222 g/mol. The molecule has 3 heteroatoms. The number of benzene rings is 1. The summed E-state index contributed by atoms with van der Waals surface area (Å²) in [5.41, 5.74) is 1.24. The van der Waals surface area contributed by atoms with Gasteiger partial charge in [0.2, 0.25) is 0 Å². The average molecular weight is 242 g/mol. The van der Waals surface area contributed by atoms with Crippen molar-refractivity contribution in [2.24, 2.45) is 0 Å². The molecule has 90 valence electrons. The van der Waals surface area contributed by atoms with Crippen LogP contribution in [0.3, 0.4) is 0 Å². The van der Waals surface area contributed by atoms with E-state index < -0.39 is 0 Å². The Hall–Kier alpha value is -0.570. The van der Waals surface area contributed by atoms with Crippen LogP contribution in [0.15, 0.2) is 30.3 Å². The summed E-state index contributed by atoms with van der Waals surface area (Å²) in [5.74, 6) is 0.596. The van der Waals surface area contributed by atoms with Gasteiger partial charge in [0.05, 0.1) is 0 Å². The summed E-state index contributed by atoms with van der Waals surface area (Å²) in [7, 11) is 0. The molecule has 0 bridgehead atoms. The maximum absolute atomic E-state index is 5.95. The minimum atomic E-state index is 0.240. The normalized spacial score (nSPS) is 12.6. The van der Waals surface area contributed by atoms with Gasteiger partial charge < -0.3 is 10.1 Å². The van der Waals surface area contributed by atoms with Crippen LogP contribution >= 0.6 is 11.6 Å². The SMILES string of the molecule is CCOCCCNC(CCl)c1ccccc1. The fourth-order valence-electron chi connectivity index (χ4n) is 1.54. The van der Waals surface area contributed by atoms with Crippen molar-refractivity contribution in [1.29, 1.82) is 0 Å². The second kappa shape index (κ2) is 8.57. The minimum absolute atomic E-state index is 0.240. The largest absolute Gasteiger partial charge is 0.382 e. The molecule has 0 amide bonds. The molecule has 0 heterocycles. The third-order valence-electron chi connectivity index (χ3n) is 2.42. The molecule has 0 saturated carbocycles. The molecule has 0 aliphatic rings. The van der Waals surface area contributed by atoms with Crippen LogP contribution in [0.5, 0.6) is 0 Å². The van der Waals surface area contributed by atoms with Crippen LogP contribution in [0.2, 0.25) is 0 Å². The first-order valence-electron chi connectivity index (χ1n) is 5.80. The molecule has 1 rings (SSSR count). The Morgan fingerprint density at radius 3 is 2.69 bits per heavy atom. The molecule has 16 heavy (non-hydrogen) atoms. The van der Waals surface area contributed by atoms with Gasteiger partial charge in [0, 0.05) is 25.1 Å². The fourth-order valence-corrected chi connectivity index (χ4v) is 1.83. The third-order valence-corrected chi connectivity index (χ3v) is 2.73. The van der Waals surface area contributed by atoms with Gasteiger partial charge in [0.25, 0.3) is 0 Å². The maximum atomic E-state index is 5.95. The van der Waals surface area contributed by atoms with E-state index in [0.717, 1.165) is 26.2 Å². The zero-order chi connectivity index (χ0) is 11.6. The summed E-state index contributed by atoms with van der Waals surface area (Å²) in [5, 5.41) is 3.43. The molecule has 0 spiro atoms. The molecule has 0 aliphatic heterocycles. The van der Waals surface area contributed by atoms with E-state index in [0.29, 0.717) is 5.88 Å². The molecule has 0 aromatic heterocycles. The van der Waals surface area contributed by atoms with E-state index in [2.05, 4.69) is 17.4 Å². The molecule has 2 nitrogen and oxygen atoms in total. The summed E-state index contributed by atoms with van der Waals surface area (Å²) in [4.78, 5) is 0. The quantitative estimate of drug-likeness (QED) is 0.558. The van der Waals surface area contributed by atoms with E-state index >= 15 is 0 Å². The van der Waals surface area contributed by atoms with Gasteiger partial charge >= 0.3 is 0 Å². The summed E-state index contributed by atoms with van der Waals surface area (Å²) in [6, 6.07) is 10.5. The lowest BCUT2D eigenvalue weighted by atomic mass is 10.1. The molecule has 1 N–H and O–H groups in total. The van der Waals surface area contributed by atoms with Crippen molar-refractivity contribution in [3.05, 3.63) is 35.9 Å². The van der Waals surface area contributed by atoms with Crippen molar-refractivity contribution in [2.75, 3.05) is 25.6 Å². The van der Waals surface area contributed by atoms with Gasteiger partial charge in [-0.1, -0.05) is 30.3 Å². The summed E-state index contributed by atoms with van der Waals surface area (Å²) in [6.07, 6.45) is 1.02. The highest BCUT2D eigenvalue weighted by atomic mass is 35.5. The van der Waals surface area contributed by atoms with Crippen LogP contribution in [0.1, 0.15) is 24.9 Å². The van der Waals surface area contributed by atoms with Gasteiger partial charge in [-0.05, 0) is 25.5 Å². The van der Waals surface area contributed by atoms with Crippen molar-refractivity contribution in [1.82, 2.24) is 5.32 Å². The Labute approximate surface area is 103 Å². The molecule has 0 aliphatic carbocycles. The van der Waals surface area contributed by atoms with Crippen molar-refractivity contribution in [3.8, 4) is 0 Å². The van der Waals surface area contributed by atoms with Gasteiger partial charge in [-0.25, -0.2) is 0 Å². The van der Waals surface area contributed by atoms with Crippen LogP contribution in [-0.2, 0) is 4.74 Å². The number of halogens is 1. The predicted molar refractivity (Wildman–Crippen MR) is 69.0 cm³/mol. The molecular formula is C13H20ClNO. The van der Waals surface area contributed by atoms with Crippen LogP contribution in [-0.4, -0.2) is 25.6 Å². The first-order valence-corrected chi connectivity index (χ1v) is 6.34. The van der Waals surface area contributed by atoms with Crippen LogP contribution < -0.4 is 5.32 Å². The van der Waals surface area contributed by atoms with Gasteiger partial charge in [-0.15, -0.1) is 11.6 Å². The number of rotatable bonds is 8. The molecule has 1 aromatic rings. The topological polar surface area (TPSA) is 21.3 Å². The zero-order valence-corrected chi connectivity index (χ0v) is 10.5. The number of ether oxygens (including phenoxy) is 1. The van der Waals surface area contributed by atoms with Crippen molar-refractivity contribution >= 4 is 11.6 Å². The fraction of sp³-hybridized carbons (Fsp3) is 0.538.